The van der Waals surface area contributed by atoms with Gasteiger partial charge in [-0.15, -0.1) is 0 Å². The molecule has 0 spiro atoms. The van der Waals surface area contributed by atoms with Gasteiger partial charge < -0.3 is 20.5 Å². The van der Waals surface area contributed by atoms with E-state index in [0.717, 1.165) is 12.8 Å². The first-order valence-electron chi connectivity index (χ1n) is 6.14. The molecule has 0 radical (unpaired) electrons. The summed E-state index contributed by atoms with van der Waals surface area (Å²) in [5, 5.41) is 3.37. The van der Waals surface area contributed by atoms with Gasteiger partial charge in [-0.1, -0.05) is 20.3 Å². The van der Waals surface area contributed by atoms with Crippen LogP contribution in [0.5, 0.6) is 0 Å². The Kier molecular flexibility index (Phi) is 7.66. The zero-order valence-electron chi connectivity index (χ0n) is 11.6. The number of nitrogens with one attached hydrogen (secondary N) is 1. The van der Waals surface area contributed by atoms with E-state index >= 15 is 0 Å². The zero-order chi connectivity index (χ0) is 14.2. The van der Waals surface area contributed by atoms with Crippen molar-refractivity contribution in [2.45, 2.75) is 46.6 Å². The Bertz CT molecular complexity index is 284. The molecule has 0 aliphatic heterocycles. The molecule has 0 rings (SSSR count). The molecule has 1 amide bonds. The summed E-state index contributed by atoms with van der Waals surface area (Å²) in [6.07, 6.45) is 1.07. The van der Waals surface area contributed by atoms with Crippen LogP contribution in [0.1, 0.15) is 40.5 Å². The first kappa shape index (κ1) is 17.0. The summed E-state index contributed by atoms with van der Waals surface area (Å²) in [4.78, 5) is 10.7. The highest BCUT2D eigenvalue weighted by molar-refractivity contribution is 7.80. The van der Waals surface area contributed by atoms with Crippen molar-refractivity contribution in [3.05, 3.63) is 0 Å². The minimum Gasteiger partial charge on any atom is -0.470 e. The number of thiocarbonyl (C=S) groups is 1. The molecule has 6 heteroatoms. The van der Waals surface area contributed by atoms with Crippen molar-refractivity contribution in [2.24, 2.45) is 11.1 Å². The number of hydrogen-bond acceptors (Lipinski definition) is 4. The summed E-state index contributed by atoms with van der Waals surface area (Å²) in [5.74, 6) is 0. The Morgan fingerprint density at radius 2 is 1.94 bits per heavy atom. The lowest BCUT2D eigenvalue weighted by Gasteiger charge is -2.28. The molecule has 0 aromatic rings. The van der Waals surface area contributed by atoms with Crippen LogP contribution in [0.3, 0.4) is 0 Å². The molecule has 0 aromatic carbocycles. The molecular formula is C12H24N2O3S. The quantitative estimate of drug-likeness (QED) is 0.697. The number of ether oxygens (including phenoxy) is 2. The second-order valence-electron chi connectivity index (χ2n) is 5.04. The number of carbonyl (C=O) groups excluding carboxylic acids is 1. The van der Waals surface area contributed by atoms with Crippen molar-refractivity contribution in [1.29, 1.82) is 0 Å². The fourth-order valence-electron chi connectivity index (χ4n) is 1.55. The van der Waals surface area contributed by atoms with Gasteiger partial charge in [0, 0.05) is 11.5 Å². The Labute approximate surface area is 114 Å². The van der Waals surface area contributed by atoms with E-state index in [1.54, 1.807) is 0 Å². The Balaban J connectivity index is 4.24. The summed E-state index contributed by atoms with van der Waals surface area (Å²) in [6, 6.07) is 0.233. The molecule has 106 valence electrons. The van der Waals surface area contributed by atoms with Gasteiger partial charge >= 0.3 is 6.09 Å². The van der Waals surface area contributed by atoms with Crippen molar-refractivity contribution in [1.82, 2.24) is 5.32 Å². The maximum absolute atomic E-state index is 10.7. The highest BCUT2D eigenvalue weighted by Crippen LogP contribution is 2.24. The van der Waals surface area contributed by atoms with Crippen molar-refractivity contribution in [3.8, 4) is 0 Å². The number of rotatable bonds is 7. The number of amides is 1. The fraction of sp³-hybridized carbons (Fsp3) is 0.833. The van der Waals surface area contributed by atoms with Gasteiger partial charge in [0.1, 0.15) is 6.61 Å². The number of carbonyl (C=O) groups is 1. The standard InChI is InChI=1S/C12H24N2O3S/c1-5-6-12(4,7-16-10(13)15)8-17-11(18)14-9(2)3/h9H,5-8H2,1-4H3,(H2,13,15)(H,14,18). The van der Waals surface area contributed by atoms with E-state index in [-0.39, 0.29) is 18.1 Å². The highest BCUT2D eigenvalue weighted by atomic mass is 32.1. The van der Waals surface area contributed by atoms with Crippen molar-refractivity contribution >= 4 is 23.5 Å². The first-order valence-corrected chi connectivity index (χ1v) is 6.55. The van der Waals surface area contributed by atoms with E-state index in [1.807, 2.05) is 20.8 Å². The Morgan fingerprint density at radius 3 is 2.39 bits per heavy atom. The average molecular weight is 276 g/mol. The largest absolute Gasteiger partial charge is 0.470 e. The minimum atomic E-state index is -0.764. The second kappa shape index (κ2) is 8.13. The maximum atomic E-state index is 10.7. The molecule has 0 aliphatic rings. The first-order chi connectivity index (χ1) is 8.29. The average Bonchev–Trinajstić information content (AvgIpc) is 2.24. The molecule has 1 atom stereocenters. The van der Waals surface area contributed by atoms with Gasteiger partial charge in [-0.05, 0) is 32.5 Å². The lowest BCUT2D eigenvalue weighted by atomic mass is 9.87. The lowest BCUT2D eigenvalue weighted by molar-refractivity contribution is 0.0511. The van der Waals surface area contributed by atoms with Crippen LogP contribution in [0.15, 0.2) is 0 Å². The monoisotopic (exact) mass is 276 g/mol. The molecule has 5 nitrogen and oxygen atoms in total. The van der Waals surface area contributed by atoms with Crippen LogP contribution in [0.25, 0.3) is 0 Å². The molecule has 3 N–H and O–H groups in total. The summed E-state index contributed by atoms with van der Waals surface area (Å²) in [7, 11) is 0. The third-order valence-corrected chi connectivity index (χ3v) is 2.61. The van der Waals surface area contributed by atoms with Gasteiger partial charge in [0.2, 0.25) is 0 Å². The van der Waals surface area contributed by atoms with E-state index < -0.39 is 6.09 Å². The van der Waals surface area contributed by atoms with Gasteiger partial charge in [0.05, 0.1) is 6.61 Å². The Morgan fingerprint density at radius 1 is 1.39 bits per heavy atom. The van der Waals surface area contributed by atoms with Crippen LogP contribution < -0.4 is 11.1 Å². The summed E-state index contributed by atoms with van der Waals surface area (Å²) >= 11 is 5.05. The van der Waals surface area contributed by atoms with Gasteiger partial charge in [-0.2, -0.15) is 0 Å². The van der Waals surface area contributed by atoms with Gasteiger partial charge in [-0.25, -0.2) is 4.79 Å². The molecule has 0 aromatic heterocycles. The maximum Gasteiger partial charge on any atom is 0.404 e. The number of primary amides is 1. The van der Waals surface area contributed by atoms with E-state index in [4.69, 9.17) is 27.4 Å². The predicted octanol–water partition coefficient (Wildman–Crippen LogP) is 2.19. The normalized spacial score (nSPS) is 13.8. The van der Waals surface area contributed by atoms with Crippen LogP contribution in [0.2, 0.25) is 0 Å². The third-order valence-electron chi connectivity index (χ3n) is 2.37. The molecular weight excluding hydrogens is 252 g/mol. The minimum absolute atomic E-state index is 0.233. The Hall–Kier alpha value is -1.04. The fourth-order valence-corrected chi connectivity index (χ4v) is 1.85. The predicted molar refractivity (Wildman–Crippen MR) is 75.4 cm³/mol. The summed E-state index contributed by atoms with van der Waals surface area (Å²) in [5.41, 5.74) is 4.71. The van der Waals surface area contributed by atoms with E-state index in [9.17, 15) is 4.79 Å². The van der Waals surface area contributed by atoms with Gasteiger partial charge in [0.25, 0.3) is 5.17 Å². The van der Waals surface area contributed by atoms with Crippen LogP contribution in [0.4, 0.5) is 4.79 Å². The molecule has 0 bridgehead atoms. The lowest BCUT2D eigenvalue weighted by Crippen LogP contribution is -2.36. The SMILES string of the molecule is CCCC(C)(COC(N)=O)COC(=S)NC(C)C. The second-order valence-corrected chi connectivity index (χ2v) is 5.41. The van der Waals surface area contributed by atoms with Crippen LogP contribution >= 0.6 is 12.2 Å². The van der Waals surface area contributed by atoms with E-state index in [0.29, 0.717) is 11.8 Å². The van der Waals surface area contributed by atoms with Crippen molar-refractivity contribution < 1.29 is 14.3 Å². The van der Waals surface area contributed by atoms with Crippen LogP contribution in [0, 0.1) is 5.41 Å². The molecule has 0 heterocycles. The van der Waals surface area contributed by atoms with Gasteiger partial charge in [0.15, 0.2) is 0 Å². The van der Waals surface area contributed by atoms with Crippen molar-refractivity contribution in [3.63, 3.8) is 0 Å². The molecule has 0 saturated heterocycles. The van der Waals surface area contributed by atoms with Crippen molar-refractivity contribution in [2.75, 3.05) is 13.2 Å². The third kappa shape index (κ3) is 8.11. The number of nitrogens with two attached hydrogens (primary N) is 1. The smallest absolute Gasteiger partial charge is 0.404 e. The highest BCUT2D eigenvalue weighted by Gasteiger charge is 2.26. The van der Waals surface area contributed by atoms with Crippen LogP contribution in [-0.2, 0) is 9.47 Å². The summed E-state index contributed by atoms with van der Waals surface area (Å²) in [6.45, 7) is 8.64. The van der Waals surface area contributed by atoms with E-state index in [2.05, 4.69) is 12.2 Å². The van der Waals surface area contributed by atoms with Gasteiger partial charge in [-0.3, -0.25) is 0 Å². The molecule has 0 saturated carbocycles. The van der Waals surface area contributed by atoms with Crippen LogP contribution in [-0.4, -0.2) is 30.5 Å². The summed E-state index contributed by atoms with van der Waals surface area (Å²) < 4.78 is 10.4. The number of hydrogen-bond donors (Lipinski definition) is 2. The van der Waals surface area contributed by atoms with E-state index in [1.165, 1.54) is 0 Å². The molecule has 18 heavy (non-hydrogen) atoms. The molecule has 1 unspecified atom stereocenters. The molecule has 0 fully saturated rings. The topological polar surface area (TPSA) is 73.6 Å². The molecule has 0 aliphatic carbocycles. The zero-order valence-corrected chi connectivity index (χ0v) is 12.4.